The zero-order valence-corrected chi connectivity index (χ0v) is 11.4. The van der Waals surface area contributed by atoms with Crippen LogP contribution in [0.3, 0.4) is 0 Å². The fourth-order valence-corrected chi connectivity index (χ4v) is 2.38. The van der Waals surface area contributed by atoms with E-state index in [0.29, 0.717) is 18.2 Å². The van der Waals surface area contributed by atoms with Crippen molar-refractivity contribution in [3.63, 3.8) is 0 Å². The highest BCUT2D eigenvalue weighted by atomic mass is 19.4. The Bertz CT molecular complexity index is 553. The van der Waals surface area contributed by atoms with Gasteiger partial charge < -0.3 is 0 Å². The van der Waals surface area contributed by atoms with Gasteiger partial charge in [-0.2, -0.15) is 26.3 Å². The van der Waals surface area contributed by atoms with Crippen LogP contribution in [0.4, 0.5) is 26.3 Å². The third-order valence-corrected chi connectivity index (χ3v) is 3.55. The van der Waals surface area contributed by atoms with E-state index in [1.165, 1.54) is 0 Å². The molecule has 0 aliphatic carbocycles. The first-order valence-electron chi connectivity index (χ1n) is 6.59. The Balaban J connectivity index is 2.31. The first-order valence-corrected chi connectivity index (χ1v) is 6.59. The zero-order valence-electron chi connectivity index (χ0n) is 11.4. The molecule has 2 rings (SSSR count). The average Bonchev–Trinajstić information content (AvgIpc) is 2.39. The molecule has 122 valence electrons. The van der Waals surface area contributed by atoms with E-state index in [0.717, 1.165) is 0 Å². The van der Waals surface area contributed by atoms with E-state index in [1.807, 2.05) is 0 Å². The summed E-state index contributed by atoms with van der Waals surface area (Å²) in [5.74, 6) is 0.0105. The van der Waals surface area contributed by atoms with E-state index < -0.39 is 29.0 Å². The second-order valence-electron chi connectivity index (χ2n) is 5.18. The third-order valence-electron chi connectivity index (χ3n) is 3.55. The number of likely N-dealkylation sites (tertiary alicyclic amines) is 1. The van der Waals surface area contributed by atoms with Gasteiger partial charge in [-0.1, -0.05) is 0 Å². The van der Waals surface area contributed by atoms with Crippen LogP contribution in [0.25, 0.3) is 0 Å². The average molecular weight is 325 g/mol. The Kier molecular flexibility index (Phi) is 4.51. The maximum atomic E-state index is 12.9. The molecule has 0 radical (unpaired) electrons. The minimum absolute atomic E-state index is 0.0105. The van der Waals surface area contributed by atoms with Crippen molar-refractivity contribution in [1.82, 2.24) is 4.90 Å². The lowest BCUT2D eigenvalue weighted by Crippen LogP contribution is -2.34. The molecule has 0 bridgehead atoms. The highest BCUT2D eigenvalue weighted by Crippen LogP contribution is 2.37. The molecule has 0 amide bonds. The van der Waals surface area contributed by atoms with Crippen molar-refractivity contribution in [3.05, 3.63) is 34.9 Å². The molecule has 0 saturated carbocycles. The predicted molar refractivity (Wildman–Crippen MR) is 66.0 cm³/mol. The molecule has 1 fully saturated rings. The van der Waals surface area contributed by atoms with Gasteiger partial charge in [0.2, 0.25) is 0 Å². The lowest BCUT2D eigenvalue weighted by Gasteiger charge is -2.27. The quantitative estimate of drug-likeness (QED) is 0.769. The van der Waals surface area contributed by atoms with Gasteiger partial charge in [0.15, 0.2) is 0 Å². The second-order valence-corrected chi connectivity index (χ2v) is 5.18. The van der Waals surface area contributed by atoms with Crippen LogP contribution in [0.5, 0.6) is 0 Å². The summed E-state index contributed by atoms with van der Waals surface area (Å²) in [6, 6.07) is 1.44. The summed E-state index contributed by atoms with van der Waals surface area (Å²) in [5.41, 5.74) is -2.60. The minimum Gasteiger partial charge on any atom is -0.300 e. The first-order chi connectivity index (χ1) is 10.1. The van der Waals surface area contributed by atoms with E-state index in [2.05, 4.69) is 0 Å². The number of piperidine rings is 1. The number of alkyl halides is 6. The van der Waals surface area contributed by atoms with Crippen LogP contribution in [0.2, 0.25) is 0 Å². The standard InChI is InChI=1S/C14H13F6NO/c15-13(16,17)10-1-2-12(14(18,19)20)9(7-10)8-21-5-3-11(22)4-6-21/h1-2,7H,3-6,8H2. The van der Waals surface area contributed by atoms with Gasteiger partial charge in [-0.05, 0) is 23.8 Å². The molecule has 0 N–H and O–H groups in total. The topological polar surface area (TPSA) is 20.3 Å². The Morgan fingerprint density at radius 3 is 2.05 bits per heavy atom. The van der Waals surface area contributed by atoms with E-state index in [1.54, 1.807) is 4.90 Å². The Morgan fingerprint density at radius 2 is 1.55 bits per heavy atom. The second kappa shape index (κ2) is 5.91. The molecule has 0 atom stereocenters. The first kappa shape index (κ1) is 16.8. The number of nitrogens with zero attached hydrogens (tertiary/aromatic N) is 1. The zero-order chi connectivity index (χ0) is 16.5. The van der Waals surface area contributed by atoms with Crippen molar-refractivity contribution in [1.29, 1.82) is 0 Å². The van der Waals surface area contributed by atoms with Crippen LogP contribution in [-0.2, 0) is 23.7 Å². The van der Waals surface area contributed by atoms with Gasteiger partial charge in [-0.15, -0.1) is 0 Å². The molecule has 1 aromatic rings. The molecule has 1 heterocycles. The molecule has 2 nitrogen and oxygen atoms in total. The molecule has 0 aromatic heterocycles. The van der Waals surface area contributed by atoms with Gasteiger partial charge in [0.1, 0.15) is 5.78 Å². The Labute approximate surface area is 122 Å². The molecule has 1 saturated heterocycles. The number of carbonyl (C=O) groups excluding carboxylic acids is 1. The van der Waals surface area contributed by atoms with Crippen molar-refractivity contribution in [2.24, 2.45) is 0 Å². The molecule has 1 aliphatic rings. The van der Waals surface area contributed by atoms with Gasteiger partial charge in [0, 0.05) is 32.5 Å². The SMILES string of the molecule is O=C1CCN(Cc2cc(C(F)(F)F)ccc2C(F)(F)F)CC1. The molecule has 1 aromatic carbocycles. The van der Waals surface area contributed by atoms with Crippen molar-refractivity contribution < 1.29 is 31.1 Å². The van der Waals surface area contributed by atoms with Crippen LogP contribution in [0.15, 0.2) is 18.2 Å². The summed E-state index contributed by atoms with van der Waals surface area (Å²) in [4.78, 5) is 12.7. The van der Waals surface area contributed by atoms with E-state index >= 15 is 0 Å². The largest absolute Gasteiger partial charge is 0.416 e. The summed E-state index contributed by atoms with van der Waals surface area (Å²) < 4.78 is 76.9. The van der Waals surface area contributed by atoms with Crippen LogP contribution >= 0.6 is 0 Å². The fraction of sp³-hybridized carbons (Fsp3) is 0.500. The Hall–Kier alpha value is -1.57. The number of benzene rings is 1. The van der Waals surface area contributed by atoms with Crippen molar-refractivity contribution >= 4 is 5.78 Å². The molecule has 0 spiro atoms. The smallest absolute Gasteiger partial charge is 0.300 e. The number of carbonyl (C=O) groups is 1. The number of Topliss-reactive ketones (excluding diaryl/α,β-unsaturated/α-hetero) is 1. The lowest BCUT2D eigenvalue weighted by molar-refractivity contribution is -0.142. The van der Waals surface area contributed by atoms with Crippen molar-refractivity contribution in [2.45, 2.75) is 31.7 Å². The number of halogens is 6. The van der Waals surface area contributed by atoms with Crippen LogP contribution < -0.4 is 0 Å². The molecule has 1 aliphatic heterocycles. The summed E-state index contributed by atoms with van der Waals surface area (Å²) in [6.45, 7) is 0.255. The van der Waals surface area contributed by atoms with Gasteiger partial charge in [0.05, 0.1) is 11.1 Å². The maximum Gasteiger partial charge on any atom is 0.416 e. The van der Waals surface area contributed by atoms with Crippen LogP contribution in [0.1, 0.15) is 29.5 Å². The van der Waals surface area contributed by atoms with Gasteiger partial charge in [-0.25, -0.2) is 0 Å². The molecular formula is C14H13F6NO. The predicted octanol–water partition coefficient (Wildman–Crippen LogP) is 3.89. The highest BCUT2D eigenvalue weighted by Gasteiger charge is 2.37. The van der Waals surface area contributed by atoms with E-state index in [-0.39, 0.29) is 38.3 Å². The van der Waals surface area contributed by atoms with Crippen LogP contribution in [0, 0.1) is 0 Å². The van der Waals surface area contributed by atoms with E-state index in [4.69, 9.17) is 0 Å². The summed E-state index contributed by atoms with van der Waals surface area (Å²) in [6.07, 6.45) is -9.00. The monoisotopic (exact) mass is 325 g/mol. The number of hydrogen-bond acceptors (Lipinski definition) is 2. The van der Waals surface area contributed by atoms with Gasteiger partial charge in [0.25, 0.3) is 0 Å². The highest BCUT2D eigenvalue weighted by molar-refractivity contribution is 5.79. The summed E-state index contributed by atoms with van der Waals surface area (Å²) in [5, 5.41) is 0. The maximum absolute atomic E-state index is 12.9. The third kappa shape index (κ3) is 4.00. The molecular weight excluding hydrogens is 312 g/mol. The number of ketones is 1. The fourth-order valence-electron chi connectivity index (χ4n) is 2.38. The molecule has 0 unspecified atom stereocenters. The normalized spacial score (nSPS) is 17.8. The van der Waals surface area contributed by atoms with Gasteiger partial charge >= 0.3 is 12.4 Å². The molecule has 22 heavy (non-hydrogen) atoms. The van der Waals surface area contributed by atoms with E-state index in [9.17, 15) is 31.1 Å². The van der Waals surface area contributed by atoms with Crippen molar-refractivity contribution in [2.75, 3.05) is 13.1 Å². The molecule has 8 heteroatoms. The van der Waals surface area contributed by atoms with Crippen molar-refractivity contribution in [3.8, 4) is 0 Å². The Morgan fingerprint density at radius 1 is 0.955 bits per heavy atom. The lowest BCUT2D eigenvalue weighted by atomic mass is 10.0. The number of hydrogen-bond donors (Lipinski definition) is 0. The van der Waals surface area contributed by atoms with Gasteiger partial charge in [-0.3, -0.25) is 9.69 Å². The summed E-state index contributed by atoms with van der Waals surface area (Å²) >= 11 is 0. The number of rotatable bonds is 2. The minimum atomic E-state index is -4.72. The summed E-state index contributed by atoms with van der Waals surface area (Å²) in [7, 11) is 0. The van der Waals surface area contributed by atoms with Crippen LogP contribution in [-0.4, -0.2) is 23.8 Å².